The van der Waals surface area contributed by atoms with Crippen LogP contribution < -0.4 is 10.6 Å². The summed E-state index contributed by atoms with van der Waals surface area (Å²) in [6, 6.07) is 0.845. The molecule has 2 aliphatic heterocycles. The van der Waals surface area contributed by atoms with Crippen LogP contribution in [0, 0.1) is 17.8 Å². The zero-order chi connectivity index (χ0) is 34.2. The quantitative estimate of drug-likeness (QED) is 0.330. The van der Waals surface area contributed by atoms with Crippen LogP contribution in [0.5, 0.6) is 0 Å². The highest BCUT2D eigenvalue weighted by Crippen LogP contribution is 2.41. The van der Waals surface area contributed by atoms with Gasteiger partial charge in [0.05, 0.1) is 35.2 Å². The Balaban J connectivity index is 1.34. The standard InChI is InChI=1S/C31H41F5N10O2/c1-3-45-25(6-9-38-45)28(48)41-26(19-4-7-30(32,33)8-5-19)24-18-46-29(40-24)39-23(17-44-12-10-43(2)11-13-44)22(42-46)15-20-14-21(31(34,35)36)16-37-27(20)47/h6,9,18-21,26H,3-5,7-8,10-17H2,1-2H3,(H,37,47)(H,41,48)/t20-,21-,26+/m1/s1. The number of carbonyl (C=O) groups is 2. The number of amides is 2. The Morgan fingerprint density at radius 2 is 1.85 bits per heavy atom. The predicted octanol–water partition coefficient (Wildman–Crippen LogP) is 3.24. The van der Waals surface area contributed by atoms with Crippen LogP contribution in [0.4, 0.5) is 22.0 Å². The summed E-state index contributed by atoms with van der Waals surface area (Å²) in [5, 5.41) is 14.3. The number of nitrogens with one attached hydrogen (secondary N) is 2. The third-order valence-corrected chi connectivity index (χ3v) is 9.91. The van der Waals surface area contributed by atoms with E-state index in [9.17, 15) is 31.5 Å². The lowest BCUT2D eigenvalue weighted by molar-refractivity contribution is -0.183. The van der Waals surface area contributed by atoms with Gasteiger partial charge in [-0.05, 0) is 45.2 Å². The lowest BCUT2D eigenvalue weighted by atomic mass is 9.81. The fourth-order valence-electron chi connectivity index (χ4n) is 6.94. The summed E-state index contributed by atoms with van der Waals surface area (Å²) in [5.41, 5.74) is 1.61. The van der Waals surface area contributed by atoms with E-state index in [1.54, 1.807) is 12.3 Å². The number of nitrogens with zero attached hydrogens (tertiary/aromatic N) is 8. The molecular formula is C31H41F5N10O2. The van der Waals surface area contributed by atoms with Gasteiger partial charge in [-0.15, -0.1) is 0 Å². The first-order valence-corrected chi connectivity index (χ1v) is 16.5. The van der Waals surface area contributed by atoms with Gasteiger partial charge in [0.25, 0.3) is 11.7 Å². The van der Waals surface area contributed by atoms with Gasteiger partial charge in [-0.25, -0.2) is 23.3 Å². The molecule has 1 aliphatic carbocycles. The van der Waals surface area contributed by atoms with Gasteiger partial charge in [0.15, 0.2) is 0 Å². The van der Waals surface area contributed by atoms with E-state index in [-0.39, 0.29) is 50.2 Å². The molecule has 6 rings (SSSR count). The number of piperidine rings is 1. The molecule has 2 saturated heterocycles. The number of imidazole rings is 1. The van der Waals surface area contributed by atoms with Gasteiger partial charge in [-0.3, -0.25) is 19.2 Å². The summed E-state index contributed by atoms with van der Waals surface area (Å²) < 4.78 is 72.2. The average Bonchev–Trinajstić information content (AvgIpc) is 3.69. The number of alkyl halides is 5. The van der Waals surface area contributed by atoms with E-state index in [1.807, 2.05) is 14.0 Å². The first-order valence-electron chi connectivity index (χ1n) is 16.5. The van der Waals surface area contributed by atoms with Gasteiger partial charge in [0, 0.05) is 77.2 Å². The van der Waals surface area contributed by atoms with Gasteiger partial charge in [0.2, 0.25) is 11.8 Å². The molecule has 0 aromatic carbocycles. The second-order valence-electron chi connectivity index (χ2n) is 13.3. The largest absolute Gasteiger partial charge is 0.393 e. The van der Waals surface area contributed by atoms with Crippen molar-refractivity contribution in [3.8, 4) is 0 Å². The molecule has 17 heteroatoms. The molecule has 0 bridgehead atoms. The first kappa shape index (κ1) is 34.1. The summed E-state index contributed by atoms with van der Waals surface area (Å²) in [6.45, 7) is 5.37. The molecule has 262 valence electrons. The third kappa shape index (κ3) is 7.61. The van der Waals surface area contributed by atoms with E-state index in [0.717, 1.165) is 26.2 Å². The van der Waals surface area contributed by atoms with E-state index in [0.29, 0.717) is 35.9 Å². The number of hydrogen-bond donors (Lipinski definition) is 2. The van der Waals surface area contributed by atoms with Crippen molar-refractivity contribution in [2.24, 2.45) is 17.8 Å². The maximum Gasteiger partial charge on any atom is 0.393 e. The van der Waals surface area contributed by atoms with Crippen LogP contribution in [0.15, 0.2) is 18.5 Å². The van der Waals surface area contributed by atoms with E-state index in [4.69, 9.17) is 15.1 Å². The number of aryl methyl sites for hydroxylation is 1. The van der Waals surface area contributed by atoms with Crippen LogP contribution in [-0.2, 0) is 24.3 Å². The summed E-state index contributed by atoms with van der Waals surface area (Å²) >= 11 is 0. The minimum Gasteiger partial charge on any atom is -0.355 e. The zero-order valence-corrected chi connectivity index (χ0v) is 27.0. The van der Waals surface area contributed by atoms with Crippen LogP contribution in [-0.4, -0.2) is 103 Å². The highest BCUT2D eigenvalue weighted by molar-refractivity contribution is 5.92. The minimum absolute atomic E-state index is 0.0448. The van der Waals surface area contributed by atoms with E-state index >= 15 is 0 Å². The Labute approximate surface area is 274 Å². The molecule has 2 N–H and O–H groups in total. The van der Waals surface area contributed by atoms with Gasteiger partial charge in [-0.2, -0.15) is 23.4 Å². The third-order valence-electron chi connectivity index (χ3n) is 9.91. The van der Waals surface area contributed by atoms with Gasteiger partial charge < -0.3 is 15.5 Å². The lowest BCUT2D eigenvalue weighted by Crippen LogP contribution is -2.47. The molecule has 5 heterocycles. The van der Waals surface area contributed by atoms with Crippen molar-refractivity contribution in [3.63, 3.8) is 0 Å². The SMILES string of the molecule is CCn1nccc1C(=O)N[C@H](c1cn2nc(C[C@H]3C[C@@H](C(F)(F)F)CNC3=O)c(CN3CCN(C)CC3)nc2n1)C1CCC(F)(F)CC1. The number of carbonyl (C=O) groups excluding carboxylic acids is 2. The summed E-state index contributed by atoms with van der Waals surface area (Å²) in [5.74, 6) is -6.41. The number of halogens is 5. The maximum atomic E-state index is 14.2. The average molecular weight is 681 g/mol. The summed E-state index contributed by atoms with van der Waals surface area (Å²) in [4.78, 5) is 40.1. The first-order chi connectivity index (χ1) is 22.8. The number of rotatable bonds is 9. The van der Waals surface area contributed by atoms with Crippen molar-refractivity contribution in [2.45, 2.75) is 76.7 Å². The van der Waals surface area contributed by atoms with Crippen molar-refractivity contribution < 1.29 is 31.5 Å². The summed E-state index contributed by atoms with van der Waals surface area (Å²) in [6.07, 6.45) is -2.05. The molecule has 1 saturated carbocycles. The van der Waals surface area contributed by atoms with Crippen molar-refractivity contribution in [1.29, 1.82) is 0 Å². The molecule has 3 atom stereocenters. The predicted molar refractivity (Wildman–Crippen MR) is 163 cm³/mol. The fourth-order valence-corrected chi connectivity index (χ4v) is 6.94. The number of piperazine rings is 1. The molecule has 0 unspecified atom stereocenters. The molecule has 3 aromatic rings. The molecule has 3 fully saturated rings. The second kappa shape index (κ2) is 13.6. The summed E-state index contributed by atoms with van der Waals surface area (Å²) in [7, 11) is 2.03. The van der Waals surface area contributed by atoms with E-state index < -0.39 is 48.3 Å². The van der Waals surface area contributed by atoms with Crippen LogP contribution in [0.1, 0.15) is 72.6 Å². The molecule has 12 nitrogen and oxygen atoms in total. The fraction of sp³-hybridized carbons (Fsp3) is 0.677. The molecule has 2 amide bonds. The van der Waals surface area contributed by atoms with Crippen LogP contribution in [0.3, 0.4) is 0 Å². The highest BCUT2D eigenvalue weighted by Gasteiger charge is 2.45. The number of likely N-dealkylation sites (N-methyl/N-ethyl adjacent to an activating group) is 1. The normalized spacial score (nSPS) is 23.7. The maximum absolute atomic E-state index is 14.2. The number of aromatic nitrogens is 6. The van der Waals surface area contributed by atoms with Crippen LogP contribution in [0.2, 0.25) is 0 Å². The topological polar surface area (TPSA) is 126 Å². The number of hydrogen-bond acceptors (Lipinski definition) is 8. The minimum atomic E-state index is -4.44. The van der Waals surface area contributed by atoms with Crippen LogP contribution in [0.25, 0.3) is 5.78 Å². The van der Waals surface area contributed by atoms with Crippen molar-refractivity contribution >= 4 is 17.6 Å². The van der Waals surface area contributed by atoms with Crippen molar-refractivity contribution in [3.05, 3.63) is 41.2 Å². The van der Waals surface area contributed by atoms with Crippen molar-refractivity contribution in [1.82, 2.24) is 49.8 Å². The molecule has 0 radical (unpaired) electrons. The smallest absolute Gasteiger partial charge is 0.355 e. The Hall–Kier alpha value is -3.73. The van der Waals surface area contributed by atoms with E-state index in [2.05, 4.69) is 25.5 Å². The monoisotopic (exact) mass is 680 g/mol. The highest BCUT2D eigenvalue weighted by atomic mass is 19.4. The Morgan fingerprint density at radius 1 is 1.12 bits per heavy atom. The molecule has 3 aliphatic rings. The van der Waals surface area contributed by atoms with E-state index in [1.165, 1.54) is 15.4 Å². The van der Waals surface area contributed by atoms with Gasteiger partial charge >= 0.3 is 6.18 Å². The molecular weight excluding hydrogens is 639 g/mol. The number of fused-ring (bicyclic) bond motifs is 1. The molecule has 3 aromatic heterocycles. The lowest BCUT2D eigenvalue weighted by Gasteiger charge is -2.33. The van der Waals surface area contributed by atoms with Crippen LogP contribution >= 0.6 is 0 Å². The Morgan fingerprint density at radius 3 is 2.54 bits per heavy atom. The second-order valence-corrected chi connectivity index (χ2v) is 13.3. The van der Waals surface area contributed by atoms with Gasteiger partial charge in [0.1, 0.15) is 5.69 Å². The molecule has 0 spiro atoms. The Kier molecular flexibility index (Phi) is 9.71. The van der Waals surface area contributed by atoms with Crippen molar-refractivity contribution in [2.75, 3.05) is 39.8 Å². The molecule has 48 heavy (non-hydrogen) atoms. The zero-order valence-electron chi connectivity index (χ0n) is 27.0. The van der Waals surface area contributed by atoms with Gasteiger partial charge in [-0.1, -0.05) is 0 Å². The Bertz CT molecular complexity index is 1610.